The molecule has 1 aromatic carbocycles. The average Bonchev–Trinajstić information content (AvgIpc) is 3.30. The van der Waals surface area contributed by atoms with Crippen LogP contribution in [0.1, 0.15) is 50.0 Å². The molecular formula is C25H26N6OS2. The number of hydrogen-bond acceptors (Lipinski definition) is 9. The molecule has 0 saturated carbocycles. The van der Waals surface area contributed by atoms with Crippen molar-refractivity contribution in [3.8, 4) is 11.4 Å². The van der Waals surface area contributed by atoms with Crippen molar-refractivity contribution in [2.24, 2.45) is 0 Å². The number of carbonyl (C=O) groups excluding carboxylic acids is 1. The number of aromatic nitrogens is 5. The largest absolute Gasteiger partial charge is 0.300 e. The van der Waals surface area contributed by atoms with E-state index >= 15 is 0 Å². The minimum absolute atomic E-state index is 0.265. The summed E-state index contributed by atoms with van der Waals surface area (Å²) in [4.78, 5) is 36.6. The second-order valence-electron chi connectivity index (χ2n) is 8.06. The Balaban J connectivity index is 1.58. The summed E-state index contributed by atoms with van der Waals surface area (Å²) in [5, 5.41) is 4.55. The van der Waals surface area contributed by atoms with Gasteiger partial charge in [-0.1, -0.05) is 32.9 Å². The lowest BCUT2D eigenvalue weighted by atomic mass is 10.1. The number of nitrogens with zero attached hydrogens (tertiary/aromatic N) is 5. The van der Waals surface area contributed by atoms with Crippen molar-refractivity contribution >= 4 is 40.0 Å². The van der Waals surface area contributed by atoms with Gasteiger partial charge in [0, 0.05) is 46.8 Å². The van der Waals surface area contributed by atoms with Gasteiger partial charge in [0.1, 0.15) is 5.78 Å². The molecule has 0 spiro atoms. The Bertz CT molecular complexity index is 1240. The fraction of sp³-hybridized carbons (Fsp3) is 0.280. The zero-order chi connectivity index (χ0) is 23.9. The lowest BCUT2D eigenvalue weighted by Crippen LogP contribution is -2.03. The molecule has 0 unspecified atom stereocenters. The summed E-state index contributed by atoms with van der Waals surface area (Å²) in [6.07, 6.45) is 7.28. The number of anilines is 2. The Hall–Kier alpha value is -3.17. The van der Waals surface area contributed by atoms with Gasteiger partial charge in [-0.3, -0.25) is 15.1 Å². The molecule has 4 aromatic rings. The number of carbonyl (C=O) groups is 1. The number of rotatable bonds is 10. The van der Waals surface area contributed by atoms with Crippen LogP contribution in [0.15, 0.2) is 65.0 Å². The van der Waals surface area contributed by atoms with E-state index in [1.54, 1.807) is 23.7 Å². The number of thiazole rings is 1. The summed E-state index contributed by atoms with van der Waals surface area (Å²) in [7, 11) is 0. The molecule has 0 saturated heterocycles. The molecule has 34 heavy (non-hydrogen) atoms. The Labute approximate surface area is 207 Å². The predicted octanol–water partition coefficient (Wildman–Crippen LogP) is 6.32. The van der Waals surface area contributed by atoms with E-state index in [4.69, 9.17) is 0 Å². The first-order valence-electron chi connectivity index (χ1n) is 11.2. The molecule has 3 aromatic heterocycles. The second-order valence-corrected chi connectivity index (χ2v) is 10.2. The summed E-state index contributed by atoms with van der Waals surface area (Å²) in [6, 6.07) is 11.7. The fourth-order valence-electron chi connectivity index (χ4n) is 3.17. The smallest absolute Gasteiger partial charge is 0.233 e. The first-order valence-corrected chi connectivity index (χ1v) is 12.8. The topological polar surface area (TPSA) is 93.6 Å². The summed E-state index contributed by atoms with van der Waals surface area (Å²) in [5.41, 5.74) is 1.87. The van der Waals surface area contributed by atoms with Gasteiger partial charge >= 0.3 is 0 Å². The van der Waals surface area contributed by atoms with Crippen molar-refractivity contribution in [2.45, 2.75) is 56.0 Å². The van der Waals surface area contributed by atoms with E-state index in [1.165, 1.54) is 16.6 Å². The molecule has 0 radical (unpaired) electrons. The van der Waals surface area contributed by atoms with Gasteiger partial charge < -0.3 is 0 Å². The second kappa shape index (κ2) is 11.3. The highest BCUT2D eigenvalue weighted by Gasteiger charge is 2.13. The van der Waals surface area contributed by atoms with Crippen LogP contribution in [-0.2, 0) is 11.2 Å². The fourth-order valence-corrected chi connectivity index (χ4v) is 4.73. The molecule has 0 aliphatic rings. The van der Waals surface area contributed by atoms with Crippen molar-refractivity contribution in [1.82, 2.24) is 24.9 Å². The van der Waals surface area contributed by atoms with Gasteiger partial charge in [-0.2, -0.15) is 9.97 Å². The van der Waals surface area contributed by atoms with E-state index < -0.39 is 0 Å². The van der Waals surface area contributed by atoms with Crippen molar-refractivity contribution in [3.05, 3.63) is 65.4 Å². The van der Waals surface area contributed by atoms with Crippen LogP contribution in [0.5, 0.6) is 0 Å². The Morgan fingerprint density at radius 1 is 1.06 bits per heavy atom. The van der Waals surface area contributed by atoms with Gasteiger partial charge in [-0.15, -0.1) is 11.3 Å². The van der Waals surface area contributed by atoms with Crippen molar-refractivity contribution in [2.75, 3.05) is 5.32 Å². The molecule has 0 bridgehead atoms. The van der Waals surface area contributed by atoms with Crippen LogP contribution in [0.4, 0.5) is 11.1 Å². The third kappa shape index (κ3) is 6.45. The lowest BCUT2D eigenvalue weighted by molar-refractivity contribution is -0.118. The van der Waals surface area contributed by atoms with E-state index in [0.29, 0.717) is 35.7 Å². The van der Waals surface area contributed by atoms with Crippen LogP contribution in [-0.4, -0.2) is 30.7 Å². The van der Waals surface area contributed by atoms with Gasteiger partial charge in [0.25, 0.3) is 0 Å². The number of nitrogens with one attached hydrogen (secondary N) is 1. The van der Waals surface area contributed by atoms with E-state index in [1.807, 2.05) is 49.5 Å². The number of Topliss-reactive ketones (excluding diaryl/α,β-unsaturated/α-hetero) is 1. The third-order valence-corrected chi connectivity index (χ3v) is 7.01. The molecule has 3 heterocycles. The molecular weight excluding hydrogens is 464 g/mol. The summed E-state index contributed by atoms with van der Waals surface area (Å²) in [5.74, 6) is 1.67. The summed E-state index contributed by atoms with van der Waals surface area (Å²) in [6.45, 7) is 6.30. The third-order valence-electron chi connectivity index (χ3n) is 4.93. The first-order chi connectivity index (χ1) is 16.5. The molecule has 4 rings (SSSR count). The molecule has 7 nitrogen and oxygen atoms in total. The van der Waals surface area contributed by atoms with Crippen molar-refractivity contribution in [1.29, 1.82) is 0 Å². The predicted molar refractivity (Wildman–Crippen MR) is 137 cm³/mol. The monoisotopic (exact) mass is 490 g/mol. The number of benzene rings is 1. The van der Waals surface area contributed by atoms with Crippen LogP contribution >= 0.6 is 23.1 Å². The minimum Gasteiger partial charge on any atom is -0.300 e. The zero-order valence-corrected chi connectivity index (χ0v) is 21.0. The molecule has 0 amide bonds. The summed E-state index contributed by atoms with van der Waals surface area (Å²) < 4.78 is 0. The maximum absolute atomic E-state index is 11.9. The number of ketones is 1. The van der Waals surface area contributed by atoms with E-state index in [-0.39, 0.29) is 5.78 Å². The molecule has 0 aliphatic carbocycles. The highest BCUT2D eigenvalue weighted by Crippen LogP contribution is 2.30. The van der Waals surface area contributed by atoms with Gasteiger partial charge in [0.05, 0.1) is 0 Å². The van der Waals surface area contributed by atoms with Crippen molar-refractivity contribution < 1.29 is 4.79 Å². The Kier molecular flexibility index (Phi) is 7.97. The lowest BCUT2D eigenvalue weighted by Gasteiger charge is -2.08. The SMILES string of the molecule is CCCC(=O)Cc1ccc(Sc2nc(Nc3ncc(C(C)C)s3)nc(-c3ccncc3)n2)cc1. The van der Waals surface area contributed by atoms with E-state index in [2.05, 4.69) is 44.1 Å². The molecule has 1 N–H and O–H groups in total. The van der Waals surface area contributed by atoms with Crippen LogP contribution < -0.4 is 5.32 Å². The van der Waals surface area contributed by atoms with E-state index in [0.717, 1.165) is 27.6 Å². The first kappa shape index (κ1) is 24.0. The molecule has 0 aliphatic heterocycles. The maximum atomic E-state index is 11.9. The quantitative estimate of drug-likeness (QED) is 0.276. The molecule has 9 heteroatoms. The van der Waals surface area contributed by atoms with Crippen LogP contribution in [0.25, 0.3) is 11.4 Å². The zero-order valence-electron chi connectivity index (χ0n) is 19.4. The van der Waals surface area contributed by atoms with Crippen LogP contribution in [0, 0.1) is 0 Å². The standard InChI is InChI=1S/C25H26N6OS2/c1-4-5-19(32)14-17-6-8-20(9-7-17)33-25-29-22(18-10-12-26-13-11-18)28-23(31-25)30-24-27-15-21(34-24)16(2)3/h6-13,15-16H,4-5,14H2,1-3H3,(H,27,28,29,30,31). The maximum Gasteiger partial charge on any atom is 0.233 e. The molecule has 0 fully saturated rings. The number of hydrogen-bond donors (Lipinski definition) is 1. The number of pyridine rings is 1. The van der Waals surface area contributed by atoms with Gasteiger partial charge in [0.2, 0.25) is 5.95 Å². The van der Waals surface area contributed by atoms with Crippen LogP contribution in [0.3, 0.4) is 0 Å². The van der Waals surface area contributed by atoms with Gasteiger partial charge in [-0.05, 0) is 53.9 Å². The van der Waals surface area contributed by atoms with Crippen LogP contribution in [0.2, 0.25) is 0 Å². The highest BCUT2D eigenvalue weighted by atomic mass is 32.2. The molecule has 174 valence electrons. The Morgan fingerprint density at radius 3 is 2.50 bits per heavy atom. The highest BCUT2D eigenvalue weighted by molar-refractivity contribution is 7.99. The van der Waals surface area contributed by atoms with E-state index in [9.17, 15) is 4.79 Å². The minimum atomic E-state index is 0.265. The normalized spacial score (nSPS) is 11.1. The van der Waals surface area contributed by atoms with Gasteiger partial charge in [-0.25, -0.2) is 9.97 Å². The van der Waals surface area contributed by atoms with Crippen molar-refractivity contribution in [3.63, 3.8) is 0 Å². The molecule has 0 atom stereocenters. The average molecular weight is 491 g/mol. The Morgan fingerprint density at radius 2 is 1.82 bits per heavy atom. The summed E-state index contributed by atoms with van der Waals surface area (Å²) >= 11 is 3.04. The van der Waals surface area contributed by atoms with Gasteiger partial charge in [0.15, 0.2) is 16.1 Å².